The van der Waals surface area contributed by atoms with E-state index in [2.05, 4.69) is 20.5 Å². The first-order chi connectivity index (χ1) is 8.27. The van der Waals surface area contributed by atoms with Crippen LogP contribution in [0.2, 0.25) is 5.02 Å². The van der Waals surface area contributed by atoms with Gasteiger partial charge in [-0.25, -0.2) is 10.1 Å². The third-order valence-electron chi connectivity index (χ3n) is 2.26. The highest BCUT2D eigenvalue weighted by Gasteiger charge is 2.03. The number of imidazole rings is 1. The lowest BCUT2D eigenvalue weighted by molar-refractivity contribution is 0.660. The first kappa shape index (κ1) is 11.7. The number of aryl methyl sites for hydroxylation is 1. The number of hydrogen-bond donors (Lipinski definition) is 2. The van der Waals surface area contributed by atoms with Crippen molar-refractivity contribution in [3.05, 3.63) is 40.3 Å². The number of rotatable bonds is 5. The Bertz CT molecular complexity index is 522. The molecule has 17 heavy (non-hydrogen) atoms. The highest BCUT2D eigenvalue weighted by molar-refractivity contribution is 6.32. The number of nitrogens with one attached hydrogen (secondary N) is 2. The summed E-state index contributed by atoms with van der Waals surface area (Å²) in [6.45, 7) is 1.57. The van der Waals surface area contributed by atoms with Crippen LogP contribution in [0.1, 0.15) is 6.42 Å². The van der Waals surface area contributed by atoms with Crippen molar-refractivity contribution in [3.8, 4) is 0 Å². The molecule has 0 aliphatic rings. The Hall–Kier alpha value is -1.82. The summed E-state index contributed by atoms with van der Waals surface area (Å²) in [6.07, 6.45) is 7.81. The van der Waals surface area contributed by atoms with Gasteiger partial charge in [0.2, 0.25) is 0 Å². The van der Waals surface area contributed by atoms with Gasteiger partial charge in [0.25, 0.3) is 5.56 Å². The molecule has 2 aromatic rings. The van der Waals surface area contributed by atoms with Crippen molar-refractivity contribution in [2.45, 2.75) is 13.0 Å². The number of hydrogen-bond acceptors (Lipinski definition) is 4. The minimum Gasteiger partial charge on any atom is -0.382 e. The minimum absolute atomic E-state index is 0.141. The van der Waals surface area contributed by atoms with E-state index < -0.39 is 0 Å². The summed E-state index contributed by atoms with van der Waals surface area (Å²) >= 11 is 5.81. The van der Waals surface area contributed by atoms with E-state index in [0.29, 0.717) is 12.2 Å². The number of H-pyrrole nitrogens is 1. The van der Waals surface area contributed by atoms with E-state index >= 15 is 0 Å². The smallest absolute Gasteiger partial charge is 0.285 e. The van der Waals surface area contributed by atoms with E-state index in [9.17, 15) is 4.79 Å². The molecule has 0 amide bonds. The summed E-state index contributed by atoms with van der Waals surface area (Å²) in [5.74, 6) is 0. The van der Waals surface area contributed by atoms with E-state index in [0.717, 1.165) is 13.0 Å². The highest BCUT2D eigenvalue weighted by atomic mass is 35.5. The van der Waals surface area contributed by atoms with Gasteiger partial charge in [0.1, 0.15) is 5.02 Å². The SMILES string of the molecule is O=c1[nH]ncc(NCCCn2ccnc2)c1Cl. The topological polar surface area (TPSA) is 75.6 Å². The predicted molar refractivity (Wildman–Crippen MR) is 65.2 cm³/mol. The molecule has 0 aromatic carbocycles. The monoisotopic (exact) mass is 253 g/mol. The summed E-state index contributed by atoms with van der Waals surface area (Å²) in [5.41, 5.74) is 0.173. The molecule has 2 rings (SSSR count). The molecular formula is C10H12ClN5O. The van der Waals surface area contributed by atoms with Crippen molar-refractivity contribution in [1.29, 1.82) is 0 Å². The second-order valence-corrected chi connectivity index (χ2v) is 3.89. The summed E-state index contributed by atoms with van der Waals surface area (Å²) < 4.78 is 1.99. The summed E-state index contributed by atoms with van der Waals surface area (Å²) in [5, 5.41) is 9.15. The highest BCUT2D eigenvalue weighted by Crippen LogP contribution is 2.13. The third kappa shape index (κ3) is 3.07. The zero-order valence-electron chi connectivity index (χ0n) is 9.06. The summed E-state index contributed by atoms with van der Waals surface area (Å²) in [4.78, 5) is 15.1. The number of anilines is 1. The molecule has 90 valence electrons. The van der Waals surface area contributed by atoms with Crippen molar-refractivity contribution in [1.82, 2.24) is 19.7 Å². The molecule has 6 nitrogen and oxygen atoms in total. The molecule has 0 spiro atoms. The van der Waals surface area contributed by atoms with Gasteiger partial charge >= 0.3 is 0 Å². The third-order valence-corrected chi connectivity index (χ3v) is 2.64. The van der Waals surface area contributed by atoms with Gasteiger partial charge in [0.05, 0.1) is 18.2 Å². The average Bonchev–Trinajstić information content (AvgIpc) is 2.83. The Morgan fingerprint density at radius 3 is 3.18 bits per heavy atom. The van der Waals surface area contributed by atoms with Crippen LogP contribution < -0.4 is 10.9 Å². The first-order valence-electron chi connectivity index (χ1n) is 5.20. The van der Waals surface area contributed by atoms with E-state index in [4.69, 9.17) is 11.6 Å². The molecule has 0 radical (unpaired) electrons. The normalized spacial score (nSPS) is 10.4. The maximum atomic E-state index is 11.2. The fourth-order valence-electron chi connectivity index (χ4n) is 1.41. The minimum atomic E-state index is -0.383. The van der Waals surface area contributed by atoms with Crippen LogP contribution in [0.5, 0.6) is 0 Å². The van der Waals surface area contributed by atoms with Gasteiger partial charge in [-0.2, -0.15) is 5.10 Å². The van der Waals surface area contributed by atoms with Gasteiger partial charge in [-0.3, -0.25) is 4.79 Å². The van der Waals surface area contributed by atoms with Gasteiger partial charge in [0.15, 0.2) is 0 Å². The van der Waals surface area contributed by atoms with E-state index in [-0.39, 0.29) is 10.6 Å². The molecule has 2 heterocycles. The Morgan fingerprint density at radius 1 is 1.53 bits per heavy atom. The van der Waals surface area contributed by atoms with Crippen LogP contribution in [0.25, 0.3) is 0 Å². The quantitative estimate of drug-likeness (QED) is 0.783. The molecule has 0 unspecified atom stereocenters. The lowest BCUT2D eigenvalue weighted by Gasteiger charge is -2.07. The zero-order chi connectivity index (χ0) is 12.1. The van der Waals surface area contributed by atoms with Crippen LogP contribution >= 0.6 is 11.6 Å². The van der Waals surface area contributed by atoms with Crippen molar-refractivity contribution in [2.24, 2.45) is 0 Å². The Balaban J connectivity index is 1.82. The fraction of sp³-hybridized carbons (Fsp3) is 0.300. The molecule has 0 aliphatic carbocycles. The van der Waals surface area contributed by atoms with Crippen molar-refractivity contribution in [2.75, 3.05) is 11.9 Å². The summed E-state index contributed by atoms with van der Waals surface area (Å²) in [7, 11) is 0. The van der Waals surface area contributed by atoms with Gasteiger partial charge in [-0.05, 0) is 6.42 Å². The Kier molecular flexibility index (Phi) is 3.77. The predicted octanol–water partition coefficient (Wildman–Crippen LogP) is 1.12. The van der Waals surface area contributed by atoms with Crippen LogP contribution in [-0.4, -0.2) is 26.3 Å². The first-order valence-corrected chi connectivity index (χ1v) is 5.58. The van der Waals surface area contributed by atoms with E-state index in [1.54, 1.807) is 12.5 Å². The lowest BCUT2D eigenvalue weighted by Crippen LogP contribution is -2.13. The maximum Gasteiger partial charge on any atom is 0.285 e. The second kappa shape index (κ2) is 5.49. The standard InChI is InChI=1S/C10H12ClN5O/c11-9-8(6-14-15-10(9)17)13-2-1-4-16-5-3-12-7-16/h3,5-7H,1-2,4H2,(H2,13,15,17). The van der Waals surface area contributed by atoms with Gasteiger partial charge < -0.3 is 9.88 Å². The molecule has 2 aromatic heterocycles. The molecule has 2 N–H and O–H groups in total. The Labute approximate surface area is 103 Å². The average molecular weight is 254 g/mol. The van der Waals surface area contributed by atoms with Crippen molar-refractivity contribution < 1.29 is 0 Å². The summed E-state index contributed by atoms with van der Waals surface area (Å²) in [6, 6.07) is 0. The van der Waals surface area contributed by atoms with Crippen molar-refractivity contribution >= 4 is 17.3 Å². The van der Waals surface area contributed by atoms with Gasteiger partial charge in [0, 0.05) is 25.5 Å². The van der Waals surface area contributed by atoms with Crippen LogP contribution in [0, 0.1) is 0 Å². The van der Waals surface area contributed by atoms with Gasteiger partial charge in [-0.15, -0.1) is 0 Å². The van der Waals surface area contributed by atoms with Crippen LogP contribution in [0.15, 0.2) is 29.7 Å². The van der Waals surface area contributed by atoms with Crippen molar-refractivity contribution in [3.63, 3.8) is 0 Å². The molecule has 0 atom stereocenters. The van der Waals surface area contributed by atoms with Crippen LogP contribution in [0.3, 0.4) is 0 Å². The van der Waals surface area contributed by atoms with Crippen LogP contribution in [0.4, 0.5) is 5.69 Å². The van der Waals surface area contributed by atoms with Gasteiger partial charge in [-0.1, -0.05) is 11.6 Å². The van der Waals surface area contributed by atoms with Crippen LogP contribution in [-0.2, 0) is 6.54 Å². The van der Waals surface area contributed by atoms with E-state index in [1.165, 1.54) is 6.20 Å². The lowest BCUT2D eigenvalue weighted by atomic mass is 10.4. The fourth-order valence-corrected chi connectivity index (χ4v) is 1.57. The molecule has 0 aliphatic heterocycles. The molecule has 0 fully saturated rings. The number of halogens is 1. The zero-order valence-corrected chi connectivity index (χ0v) is 9.81. The molecule has 7 heteroatoms. The molecule has 0 saturated carbocycles. The second-order valence-electron chi connectivity index (χ2n) is 3.51. The molecule has 0 bridgehead atoms. The largest absolute Gasteiger partial charge is 0.382 e. The molecule has 0 saturated heterocycles. The molecular weight excluding hydrogens is 242 g/mol. The maximum absolute atomic E-state index is 11.2. The number of aromatic amines is 1. The Morgan fingerprint density at radius 2 is 2.41 bits per heavy atom. The number of aromatic nitrogens is 4. The number of nitrogens with zero attached hydrogens (tertiary/aromatic N) is 3. The van der Waals surface area contributed by atoms with E-state index in [1.807, 2.05) is 10.8 Å².